The van der Waals surface area contributed by atoms with Crippen LogP contribution in [0.5, 0.6) is 0 Å². The van der Waals surface area contributed by atoms with E-state index in [9.17, 15) is 4.79 Å². The first kappa shape index (κ1) is 15.2. The molecule has 2 aromatic rings. The Morgan fingerprint density at radius 2 is 2.32 bits per heavy atom. The molecule has 0 saturated carbocycles. The highest BCUT2D eigenvalue weighted by molar-refractivity contribution is 9.10. The van der Waals surface area contributed by atoms with Gasteiger partial charge in [-0.1, -0.05) is 15.9 Å². The quantitative estimate of drug-likeness (QED) is 0.907. The average molecular weight is 365 g/mol. The van der Waals surface area contributed by atoms with Crippen LogP contribution >= 0.6 is 15.9 Å². The van der Waals surface area contributed by atoms with Crippen LogP contribution in [-0.4, -0.2) is 45.7 Å². The molecule has 22 heavy (non-hydrogen) atoms. The number of ether oxygens (including phenoxy) is 1. The number of likely N-dealkylation sites (tertiary alicyclic amines) is 1. The largest absolute Gasteiger partial charge is 0.380 e. The summed E-state index contributed by atoms with van der Waals surface area (Å²) in [7, 11) is 1.67. The molecule has 3 rings (SSSR count). The van der Waals surface area contributed by atoms with Crippen LogP contribution < -0.4 is 0 Å². The Kier molecular flexibility index (Phi) is 4.26. The van der Waals surface area contributed by atoms with Crippen molar-refractivity contribution in [2.24, 2.45) is 0 Å². The van der Waals surface area contributed by atoms with E-state index in [1.54, 1.807) is 7.11 Å². The molecule has 116 valence electrons. The van der Waals surface area contributed by atoms with Crippen molar-refractivity contribution in [2.45, 2.75) is 25.5 Å². The van der Waals surface area contributed by atoms with Crippen molar-refractivity contribution in [1.82, 2.24) is 20.1 Å². The number of amides is 1. The van der Waals surface area contributed by atoms with E-state index < -0.39 is 0 Å². The number of carbonyl (C=O) groups is 1. The molecule has 1 aliphatic rings. The van der Waals surface area contributed by atoms with E-state index in [0.717, 1.165) is 10.0 Å². The van der Waals surface area contributed by atoms with E-state index in [4.69, 9.17) is 4.74 Å². The minimum Gasteiger partial charge on any atom is -0.380 e. The van der Waals surface area contributed by atoms with Crippen LogP contribution in [0, 0.1) is 6.92 Å². The lowest BCUT2D eigenvalue weighted by molar-refractivity contribution is 0.0683. The van der Waals surface area contributed by atoms with Crippen molar-refractivity contribution in [1.29, 1.82) is 0 Å². The molecule has 0 spiro atoms. The summed E-state index contributed by atoms with van der Waals surface area (Å²) < 4.78 is 6.40. The van der Waals surface area contributed by atoms with Gasteiger partial charge in [-0.2, -0.15) is 5.10 Å². The fourth-order valence-corrected chi connectivity index (χ4v) is 3.32. The van der Waals surface area contributed by atoms with Crippen LogP contribution in [0.1, 0.15) is 34.2 Å². The maximum Gasteiger partial charge on any atom is 0.254 e. The van der Waals surface area contributed by atoms with Gasteiger partial charge in [-0.25, -0.2) is 4.98 Å². The van der Waals surface area contributed by atoms with Crippen LogP contribution in [0.3, 0.4) is 0 Å². The molecule has 1 amide bonds. The predicted octanol–water partition coefficient (Wildman–Crippen LogP) is 2.48. The molecule has 2 atom stereocenters. The zero-order valence-corrected chi connectivity index (χ0v) is 14.0. The van der Waals surface area contributed by atoms with E-state index in [1.807, 2.05) is 30.0 Å². The number of hydrogen-bond acceptors (Lipinski definition) is 4. The first-order chi connectivity index (χ1) is 10.6. The Labute approximate surface area is 137 Å². The van der Waals surface area contributed by atoms with Gasteiger partial charge < -0.3 is 9.64 Å². The smallest absolute Gasteiger partial charge is 0.254 e. The maximum atomic E-state index is 12.9. The summed E-state index contributed by atoms with van der Waals surface area (Å²) in [6.07, 6.45) is 2.19. The van der Waals surface area contributed by atoms with Crippen molar-refractivity contribution < 1.29 is 9.53 Å². The molecular weight excluding hydrogens is 348 g/mol. The van der Waals surface area contributed by atoms with Gasteiger partial charge in [0.2, 0.25) is 0 Å². The van der Waals surface area contributed by atoms with Crippen LogP contribution in [0.15, 0.2) is 29.0 Å². The van der Waals surface area contributed by atoms with Crippen molar-refractivity contribution in [3.8, 4) is 0 Å². The molecule has 1 aromatic carbocycles. The van der Waals surface area contributed by atoms with Gasteiger partial charge in [0.1, 0.15) is 12.2 Å². The van der Waals surface area contributed by atoms with E-state index in [1.165, 1.54) is 6.33 Å². The van der Waals surface area contributed by atoms with Gasteiger partial charge in [-0.15, -0.1) is 0 Å². The second kappa shape index (κ2) is 6.18. The first-order valence-electron chi connectivity index (χ1n) is 7.05. The lowest BCUT2D eigenvalue weighted by atomic mass is 10.1. The standard InChI is InChI=1S/C15H17BrN4O2/c1-9-5-10(16)3-4-12(9)15(21)20-7-11(22-2)6-13(20)14-17-8-18-19-14/h3-5,8,11,13H,6-7H2,1-2H3,(H,17,18,19)/t11-,13+/m1/s1. The molecule has 7 heteroatoms. The van der Waals surface area contributed by atoms with Crippen LogP contribution in [0.2, 0.25) is 0 Å². The number of aromatic amines is 1. The normalized spacial score (nSPS) is 21.3. The highest BCUT2D eigenvalue weighted by atomic mass is 79.9. The monoisotopic (exact) mass is 364 g/mol. The number of methoxy groups -OCH3 is 1. The first-order valence-corrected chi connectivity index (χ1v) is 7.84. The minimum absolute atomic E-state index is 0.00838. The number of aryl methyl sites for hydroxylation is 1. The molecule has 6 nitrogen and oxygen atoms in total. The molecule has 1 saturated heterocycles. The SMILES string of the molecule is CO[C@@H]1C[C@@H](c2ncn[nH]2)N(C(=O)c2ccc(Br)cc2C)C1. The third-order valence-corrected chi connectivity index (χ3v) is 4.52. The molecule has 0 bridgehead atoms. The molecule has 0 radical (unpaired) electrons. The maximum absolute atomic E-state index is 12.9. The Bertz CT molecular complexity index is 674. The third-order valence-electron chi connectivity index (χ3n) is 4.03. The Hall–Kier alpha value is -1.73. The van der Waals surface area contributed by atoms with E-state index in [2.05, 4.69) is 31.1 Å². The van der Waals surface area contributed by atoms with Gasteiger partial charge in [0.25, 0.3) is 5.91 Å². The summed E-state index contributed by atoms with van der Waals surface area (Å²) in [5, 5.41) is 6.76. The summed E-state index contributed by atoms with van der Waals surface area (Å²) >= 11 is 3.42. The van der Waals surface area contributed by atoms with Crippen molar-refractivity contribution in [2.75, 3.05) is 13.7 Å². The summed E-state index contributed by atoms with van der Waals surface area (Å²) in [6, 6.07) is 5.54. The molecule has 0 unspecified atom stereocenters. The van der Waals surface area contributed by atoms with E-state index in [0.29, 0.717) is 24.4 Å². The second-order valence-corrected chi connectivity index (χ2v) is 6.31. The Morgan fingerprint density at radius 1 is 1.50 bits per heavy atom. The van der Waals surface area contributed by atoms with Gasteiger partial charge in [0, 0.05) is 30.1 Å². The number of hydrogen-bond donors (Lipinski definition) is 1. The van der Waals surface area contributed by atoms with Crippen molar-refractivity contribution in [3.63, 3.8) is 0 Å². The summed E-state index contributed by atoms with van der Waals surface area (Å²) in [5.74, 6) is 0.689. The van der Waals surface area contributed by atoms with Crippen LogP contribution in [-0.2, 0) is 4.74 Å². The number of nitrogens with one attached hydrogen (secondary N) is 1. The number of carbonyl (C=O) groups excluding carboxylic acids is 1. The fraction of sp³-hybridized carbons (Fsp3) is 0.400. The molecule has 1 aliphatic heterocycles. The zero-order valence-electron chi connectivity index (χ0n) is 12.4. The van der Waals surface area contributed by atoms with Gasteiger partial charge in [0.05, 0.1) is 12.1 Å². The number of halogens is 1. The fourth-order valence-electron chi connectivity index (χ4n) is 2.85. The zero-order chi connectivity index (χ0) is 15.7. The molecule has 1 N–H and O–H groups in total. The number of benzene rings is 1. The van der Waals surface area contributed by atoms with Gasteiger partial charge in [-0.3, -0.25) is 9.89 Å². The number of H-pyrrole nitrogens is 1. The molecule has 1 fully saturated rings. The van der Waals surface area contributed by atoms with Gasteiger partial charge >= 0.3 is 0 Å². The lowest BCUT2D eigenvalue weighted by Gasteiger charge is -2.23. The van der Waals surface area contributed by atoms with Crippen LogP contribution in [0.4, 0.5) is 0 Å². The Morgan fingerprint density at radius 3 is 2.95 bits per heavy atom. The topological polar surface area (TPSA) is 71.1 Å². The molecular formula is C15H17BrN4O2. The lowest BCUT2D eigenvalue weighted by Crippen LogP contribution is -2.33. The summed E-state index contributed by atoms with van der Waals surface area (Å²) in [5.41, 5.74) is 1.64. The van der Waals surface area contributed by atoms with Crippen LogP contribution in [0.25, 0.3) is 0 Å². The highest BCUT2D eigenvalue weighted by Gasteiger charge is 2.38. The second-order valence-electron chi connectivity index (χ2n) is 5.40. The third kappa shape index (κ3) is 2.78. The summed E-state index contributed by atoms with van der Waals surface area (Å²) in [4.78, 5) is 19.0. The number of nitrogens with zero attached hydrogens (tertiary/aromatic N) is 3. The highest BCUT2D eigenvalue weighted by Crippen LogP contribution is 2.33. The molecule has 1 aromatic heterocycles. The minimum atomic E-state index is -0.136. The number of aromatic nitrogens is 3. The van der Waals surface area contributed by atoms with Crippen molar-refractivity contribution >= 4 is 21.8 Å². The number of rotatable bonds is 3. The predicted molar refractivity (Wildman–Crippen MR) is 84.5 cm³/mol. The average Bonchev–Trinajstić information content (AvgIpc) is 3.15. The van der Waals surface area contributed by atoms with E-state index >= 15 is 0 Å². The molecule has 0 aliphatic carbocycles. The molecule has 2 heterocycles. The Balaban J connectivity index is 1.92. The van der Waals surface area contributed by atoms with E-state index in [-0.39, 0.29) is 18.1 Å². The van der Waals surface area contributed by atoms with Gasteiger partial charge in [0.15, 0.2) is 0 Å². The van der Waals surface area contributed by atoms with Crippen molar-refractivity contribution in [3.05, 3.63) is 46.0 Å². The summed E-state index contributed by atoms with van der Waals surface area (Å²) in [6.45, 7) is 2.49. The van der Waals surface area contributed by atoms with Gasteiger partial charge in [-0.05, 0) is 30.7 Å².